The molecule has 1 nitrogen and oxygen atoms in total. The fourth-order valence-electron chi connectivity index (χ4n) is 0.819. The van der Waals surface area contributed by atoms with Crippen molar-refractivity contribution in [2.45, 2.75) is 38.5 Å². The average molecular weight is 129 g/mol. The van der Waals surface area contributed by atoms with Crippen molar-refractivity contribution in [2.24, 2.45) is 0 Å². The molecule has 0 spiro atoms. The topological polar surface area (TPSA) is 20.2 Å². The van der Waals surface area contributed by atoms with E-state index in [0.717, 1.165) is 12.8 Å². The summed E-state index contributed by atoms with van der Waals surface area (Å²) in [5, 5.41) is 8.41. The van der Waals surface area contributed by atoms with Crippen molar-refractivity contribution in [3.05, 3.63) is 6.92 Å². The second-order valence-corrected chi connectivity index (χ2v) is 2.34. The van der Waals surface area contributed by atoms with Crippen LogP contribution in [0.5, 0.6) is 0 Å². The summed E-state index contributed by atoms with van der Waals surface area (Å²) in [5.74, 6) is 0. The lowest BCUT2D eigenvalue weighted by atomic mass is 10.1. The smallest absolute Gasteiger partial charge is 0.0431 e. The summed E-state index contributed by atoms with van der Waals surface area (Å²) in [6.45, 7) is 4.11. The SMILES string of the molecule is [CH2]CCCCCCCO. The van der Waals surface area contributed by atoms with Crippen molar-refractivity contribution in [1.29, 1.82) is 0 Å². The molecule has 0 fully saturated rings. The second-order valence-electron chi connectivity index (χ2n) is 2.34. The fourth-order valence-corrected chi connectivity index (χ4v) is 0.819. The first-order valence-corrected chi connectivity index (χ1v) is 3.82. The minimum absolute atomic E-state index is 0.352. The molecule has 0 saturated heterocycles. The Hall–Kier alpha value is -0.0400. The van der Waals surface area contributed by atoms with E-state index >= 15 is 0 Å². The average Bonchev–Trinajstić information content (AvgIpc) is 1.89. The number of aliphatic hydroxyl groups excluding tert-OH is 1. The Balaban J connectivity index is 2.60. The number of hydrogen-bond donors (Lipinski definition) is 1. The van der Waals surface area contributed by atoms with Gasteiger partial charge in [0.2, 0.25) is 0 Å². The summed E-state index contributed by atoms with van der Waals surface area (Å²) in [5.41, 5.74) is 0. The Labute approximate surface area is 58.1 Å². The summed E-state index contributed by atoms with van der Waals surface area (Å²) < 4.78 is 0. The molecule has 9 heavy (non-hydrogen) atoms. The van der Waals surface area contributed by atoms with Crippen LogP contribution in [-0.2, 0) is 0 Å². The van der Waals surface area contributed by atoms with Crippen LogP contribution in [0.4, 0.5) is 0 Å². The Morgan fingerprint density at radius 3 is 2.00 bits per heavy atom. The maximum Gasteiger partial charge on any atom is 0.0431 e. The predicted molar refractivity (Wildman–Crippen MR) is 40.1 cm³/mol. The third-order valence-corrected chi connectivity index (χ3v) is 1.41. The lowest BCUT2D eigenvalue weighted by Crippen LogP contribution is -1.82. The van der Waals surface area contributed by atoms with Gasteiger partial charge >= 0.3 is 0 Å². The van der Waals surface area contributed by atoms with Gasteiger partial charge in [-0.05, 0) is 6.42 Å². The number of rotatable bonds is 6. The minimum atomic E-state index is 0.352. The van der Waals surface area contributed by atoms with Crippen LogP contribution in [0.1, 0.15) is 38.5 Å². The molecule has 0 amide bonds. The molecule has 1 heteroatoms. The fraction of sp³-hybridized carbons (Fsp3) is 0.875. The van der Waals surface area contributed by atoms with Crippen LogP contribution >= 0.6 is 0 Å². The molecule has 0 bridgehead atoms. The number of unbranched alkanes of at least 4 members (excludes halogenated alkanes) is 5. The normalized spacial score (nSPS) is 10.0. The Bertz CT molecular complexity index is 37.8. The molecule has 0 aromatic heterocycles. The Morgan fingerprint density at radius 2 is 1.44 bits per heavy atom. The molecule has 0 saturated carbocycles. The molecule has 0 aliphatic carbocycles. The molecule has 0 rings (SSSR count). The molecular formula is C8H17O. The van der Waals surface area contributed by atoms with Gasteiger partial charge < -0.3 is 5.11 Å². The summed E-state index contributed by atoms with van der Waals surface area (Å²) in [4.78, 5) is 0. The third-order valence-electron chi connectivity index (χ3n) is 1.41. The van der Waals surface area contributed by atoms with Crippen molar-refractivity contribution in [3.63, 3.8) is 0 Å². The molecule has 1 N–H and O–H groups in total. The molecule has 0 heterocycles. The van der Waals surface area contributed by atoms with Crippen LogP contribution in [0.25, 0.3) is 0 Å². The zero-order valence-corrected chi connectivity index (χ0v) is 6.10. The first kappa shape index (κ1) is 8.96. The lowest BCUT2D eigenvalue weighted by Gasteiger charge is -1.95. The van der Waals surface area contributed by atoms with Gasteiger partial charge in [-0.2, -0.15) is 0 Å². The van der Waals surface area contributed by atoms with Crippen molar-refractivity contribution >= 4 is 0 Å². The van der Waals surface area contributed by atoms with E-state index in [1.807, 2.05) is 0 Å². The molecule has 55 valence electrons. The Kier molecular flexibility index (Phi) is 7.92. The highest BCUT2D eigenvalue weighted by atomic mass is 16.2. The largest absolute Gasteiger partial charge is 0.396 e. The quantitative estimate of drug-likeness (QED) is 0.545. The van der Waals surface area contributed by atoms with E-state index in [1.54, 1.807) is 0 Å². The van der Waals surface area contributed by atoms with Crippen molar-refractivity contribution in [3.8, 4) is 0 Å². The van der Waals surface area contributed by atoms with Gasteiger partial charge in [0.1, 0.15) is 0 Å². The van der Waals surface area contributed by atoms with Crippen LogP contribution in [0.15, 0.2) is 0 Å². The molecular weight excluding hydrogens is 112 g/mol. The van der Waals surface area contributed by atoms with E-state index in [9.17, 15) is 0 Å². The Morgan fingerprint density at radius 1 is 0.889 bits per heavy atom. The van der Waals surface area contributed by atoms with E-state index in [1.165, 1.54) is 25.7 Å². The van der Waals surface area contributed by atoms with Gasteiger partial charge in [-0.1, -0.05) is 39.0 Å². The van der Waals surface area contributed by atoms with E-state index in [-0.39, 0.29) is 0 Å². The van der Waals surface area contributed by atoms with Crippen LogP contribution in [-0.4, -0.2) is 11.7 Å². The van der Waals surface area contributed by atoms with Gasteiger partial charge in [0.05, 0.1) is 0 Å². The van der Waals surface area contributed by atoms with Crippen LogP contribution in [0.3, 0.4) is 0 Å². The molecule has 0 aliphatic rings. The van der Waals surface area contributed by atoms with Gasteiger partial charge in [-0.25, -0.2) is 0 Å². The first-order chi connectivity index (χ1) is 4.41. The molecule has 0 unspecified atom stereocenters. The molecule has 1 radical (unpaired) electrons. The monoisotopic (exact) mass is 129 g/mol. The lowest BCUT2D eigenvalue weighted by molar-refractivity contribution is 0.282. The predicted octanol–water partition coefficient (Wildman–Crippen LogP) is 2.15. The van der Waals surface area contributed by atoms with Gasteiger partial charge in [0.25, 0.3) is 0 Å². The van der Waals surface area contributed by atoms with Crippen molar-refractivity contribution in [1.82, 2.24) is 0 Å². The molecule has 0 atom stereocenters. The van der Waals surface area contributed by atoms with Crippen molar-refractivity contribution in [2.75, 3.05) is 6.61 Å². The molecule has 0 aliphatic heterocycles. The number of aliphatic hydroxyl groups is 1. The van der Waals surface area contributed by atoms with E-state index in [0.29, 0.717) is 6.61 Å². The zero-order valence-electron chi connectivity index (χ0n) is 6.10. The highest BCUT2D eigenvalue weighted by Crippen LogP contribution is 2.03. The standard InChI is InChI=1S/C8H17O/c1-2-3-4-5-6-7-8-9/h9H,1-8H2. The number of hydrogen-bond acceptors (Lipinski definition) is 1. The highest BCUT2D eigenvalue weighted by molar-refractivity contribution is 4.44. The maximum absolute atomic E-state index is 8.41. The third kappa shape index (κ3) is 7.96. The van der Waals surface area contributed by atoms with Crippen LogP contribution < -0.4 is 0 Å². The van der Waals surface area contributed by atoms with Gasteiger partial charge in [-0.15, -0.1) is 0 Å². The summed E-state index contributed by atoms with van der Waals surface area (Å²) in [6.07, 6.45) is 6.98. The van der Waals surface area contributed by atoms with Gasteiger partial charge in [0.15, 0.2) is 0 Å². The van der Waals surface area contributed by atoms with Crippen LogP contribution in [0.2, 0.25) is 0 Å². The maximum atomic E-state index is 8.41. The summed E-state index contributed by atoms with van der Waals surface area (Å²) >= 11 is 0. The second kappa shape index (κ2) is 7.96. The van der Waals surface area contributed by atoms with E-state index in [4.69, 9.17) is 5.11 Å². The summed E-state index contributed by atoms with van der Waals surface area (Å²) in [6, 6.07) is 0. The summed E-state index contributed by atoms with van der Waals surface area (Å²) in [7, 11) is 0. The van der Waals surface area contributed by atoms with Gasteiger partial charge in [0, 0.05) is 6.61 Å². The first-order valence-electron chi connectivity index (χ1n) is 3.82. The zero-order chi connectivity index (χ0) is 6.95. The molecule has 0 aromatic carbocycles. The van der Waals surface area contributed by atoms with Gasteiger partial charge in [-0.3, -0.25) is 0 Å². The van der Waals surface area contributed by atoms with E-state index in [2.05, 4.69) is 6.92 Å². The van der Waals surface area contributed by atoms with E-state index < -0.39 is 0 Å². The highest BCUT2D eigenvalue weighted by Gasteiger charge is 1.86. The van der Waals surface area contributed by atoms with Crippen molar-refractivity contribution < 1.29 is 5.11 Å². The minimum Gasteiger partial charge on any atom is -0.396 e. The van der Waals surface area contributed by atoms with Crippen LogP contribution in [0, 0.1) is 6.92 Å². The molecule has 0 aromatic rings.